The van der Waals surface area contributed by atoms with E-state index in [-0.39, 0.29) is 11.3 Å². The van der Waals surface area contributed by atoms with Gasteiger partial charge < -0.3 is 14.8 Å². The van der Waals surface area contributed by atoms with E-state index in [9.17, 15) is 9.36 Å². The van der Waals surface area contributed by atoms with Crippen LogP contribution in [0.4, 0.5) is 0 Å². The standard InChI is InChI=1S/C9H15N2O4PS/c1-5-4-17-9-6(10)7(12)11(9)8(5)16(13,14-2)15-3/h6,9H,4,10H2,1-3H3/t6-,9+/m0/s1. The maximum absolute atomic E-state index is 12.4. The first-order valence-corrected chi connectivity index (χ1v) is 7.67. The number of thioether (sulfide) groups is 1. The highest BCUT2D eigenvalue weighted by molar-refractivity contribution is 8.00. The fourth-order valence-corrected chi connectivity index (χ4v) is 4.94. The van der Waals surface area contributed by atoms with E-state index >= 15 is 0 Å². The number of hydrogen-bond acceptors (Lipinski definition) is 6. The SMILES string of the molecule is COP(=O)(OC)C1=C(C)CS[C@@H]2[C@@H](N)C(=O)N12. The van der Waals surface area contributed by atoms with Gasteiger partial charge in [-0.15, -0.1) is 11.8 Å². The number of fused-ring (bicyclic) bond motifs is 1. The van der Waals surface area contributed by atoms with Gasteiger partial charge in [-0.1, -0.05) is 0 Å². The monoisotopic (exact) mass is 278 g/mol. The molecule has 0 spiro atoms. The van der Waals surface area contributed by atoms with Gasteiger partial charge in [-0.25, -0.2) is 0 Å². The normalized spacial score (nSPS) is 29.2. The van der Waals surface area contributed by atoms with Gasteiger partial charge in [0, 0.05) is 20.0 Å². The Morgan fingerprint density at radius 3 is 2.59 bits per heavy atom. The van der Waals surface area contributed by atoms with Crippen molar-refractivity contribution in [2.45, 2.75) is 18.3 Å². The highest BCUT2D eigenvalue weighted by Crippen LogP contribution is 2.61. The molecule has 2 rings (SSSR count). The van der Waals surface area contributed by atoms with E-state index in [1.165, 1.54) is 19.1 Å². The molecule has 2 aliphatic heterocycles. The molecular weight excluding hydrogens is 263 g/mol. The molecule has 0 saturated carbocycles. The predicted octanol–water partition coefficient (Wildman–Crippen LogP) is 0.946. The first kappa shape index (κ1) is 13.1. The second kappa shape index (κ2) is 4.40. The molecule has 2 heterocycles. The van der Waals surface area contributed by atoms with Crippen molar-refractivity contribution in [3.05, 3.63) is 11.0 Å². The van der Waals surface area contributed by atoms with Crippen LogP contribution in [0.25, 0.3) is 0 Å². The number of carbonyl (C=O) groups is 1. The highest BCUT2D eigenvalue weighted by atomic mass is 32.2. The zero-order valence-electron chi connectivity index (χ0n) is 9.87. The summed E-state index contributed by atoms with van der Waals surface area (Å²) in [6.45, 7) is 1.82. The molecule has 0 unspecified atom stereocenters. The summed E-state index contributed by atoms with van der Waals surface area (Å²) in [5, 5.41) is -0.153. The molecule has 0 aromatic rings. The average Bonchev–Trinajstić information content (AvgIpc) is 2.36. The molecule has 1 saturated heterocycles. The third kappa shape index (κ3) is 1.77. The highest BCUT2D eigenvalue weighted by Gasteiger charge is 2.54. The van der Waals surface area contributed by atoms with Crippen LogP contribution in [-0.4, -0.2) is 42.2 Å². The largest absolute Gasteiger partial charge is 0.377 e. The molecule has 0 aliphatic carbocycles. The Hall–Kier alpha value is -0.330. The van der Waals surface area contributed by atoms with Crippen LogP contribution in [0, 0.1) is 0 Å². The molecule has 0 bridgehead atoms. The van der Waals surface area contributed by atoms with E-state index in [1.54, 1.807) is 11.8 Å². The minimum atomic E-state index is -3.40. The average molecular weight is 278 g/mol. The van der Waals surface area contributed by atoms with Gasteiger partial charge in [0.2, 0.25) is 5.91 Å². The maximum Gasteiger partial charge on any atom is 0.377 e. The summed E-state index contributed by atoms with van der Waals surface area (Å²) in [4.78, 5) is 13.2. The summed E-state index contributed by atoms with van der Waals surface area (Å²) in [5.74, 6) is 0.444. The van der Waals surface area contributed by atoms with Gasteiger partial charge in [0.25, 0.3) is 0 Å². The topological polar surface area (TPSA) is 81.9 Å². The number of β-lactam (4-membered cyclic amide) rings is 1. The lowest BCUT2D eigenvalue weighted by Crippen LogP contribution is -2.67. The van der Waals surface area contributed by atoms with Gasteiger partial charge in [0.15, 0.2) is 0 Å². The zero-order chi connectivity index (χ0) is 12.8. The fourth-order valence-electron chi connectivity index (χ4n) is 1.98. The minimum absolute atomic E-state index is 0.153. The third-order valence-electron chi connectivity index (χ3n) is 2.90. The molecule has 1 fully saturated rings. The molecular formula is C9H15N2O4PS. The van der Waals surface area contributed by atoms with Gasteiger partial charge in [-0.3, -0.25) is 14.3 Å². The molecule has 2 aliphatic rings. The quantitative estimate of drug-likeness (QED) is 0.611. The van der Waals surface area contributed by atoms with E-state index in [0.29, 0.717) is 11.2 Å². The molecule has 2 atom stereocenters. The summed E-state index contributed by atoms with van der Waals surface area (Å²) in [7, 11) is -0.781. The van der Waals surface area contributed by atoms with Crippen molar-refractivity contribution in [3.8, 4) is 0 Å². The molecule has 17 heavy (non-hydrogen) atoms. The number of amides is 1. The van der Waals surface area contributed by atoms with Crippen LogP contribution >= 0.6 is 19.4 Å². The number of nitrogens with two attached hydrogens (primary N) is 1. The molecule has 0 aromatic heterocycles. The molecule has 96 valence electrons. The van der Waals surface area contributed by atoms with Crippen LogP contribution < -0.4 is 5.73 Å². The first-order valence-electron chi connectivity index (χ1n) is 5.08. The minimum Gasteiger partial charge on any atom is -0.317 e. The van der Waals surface area contributed by atoms with E-state index in [2.05, 4.69) is 0 Å². The molecule has 8 heteroatoms. The molecule has 1 amide bonds. The summed E-state index contributed by atoms with van der Waals surface area (Å²) >= 11 is 1.56. The molecule has 2 N–H and O–H groups in total. The first-order chi connectivity index (χ1) is 7.96. The van der Waals surface area contributed by atoms with Gasteiger partial charge in [0.1, 0.15) is 16.9 Å². The molecule has 0 radical (unpaired) electrons. The number of hydrogen-bond donors (Lipinski definition) is 1. The van der Waals surface area contributed by atoms with Gasteiger partial charge in [0.05, 0.1) is 0 Å². The van der Waals surface area contributed by atoms with Crippen LogP contribution in [-0.2, 0) is 18.4 Å². The lowest BCUT2D eigenvalue weighted by Gasteiger charge is -2.49. The van der Waals surface area contributed by atoms with Gasteiger partial charge >= 0.3 is 7.60 Å². The lowest BCUT2D eigenvalue weighted by molar-refractivity contribution is -0.140. The number of carbonyl (C=O) groups excluding carboxylic acids is 1. The van der Waals surface area contributed by atoms with Crippen molar-refractivity contribution in [2.24, 2.45) is 5.73 Å². The van der Waals surface area contributed by atoms with Crippen LogP contribution in [0.5, 0.6) is 0 Å². The lowest BCUT2D eigenvalue weighted by atomic mass is 10.1. The maximum atomic E-state index is 12.4. The summed E-state index contributed by atoms with van der Waals surface area (Å²) in [5.41, 5.74) is 6.90. The van der Waals surface area contributed by atoms with Crippen molar-refractivity contribution < 1.29 is 18.4 Å². The zero-order valence-corrected chi connectivity index (χ0v) is 11.6. The Kier molecular flexibility index (Phi) is 3.40. The van der Waals surface area contributed by atoms with Crippen LogP contribution in [0.3, 0.4) is 0 Å². The predicted molar refractivity (Wildman–Crippen MR) is 65.4 cm³/mol. The summed E-state index contributed by atoms with van der Waals surface area (Å²) < 4.78 is 22.3. The van der Waals surface area contributed by atoms with Crippen LogP contribution in [0.1, 0.15) is 6.92 Å². The smallest absolute Gasteiger partial charge is 0.317 e. The van der Waals surface area contributed by atoms with E-state index < -0.39 is 13.6 Å². The van der Waals surface area contributed by atoms with Gasteiger partial charge in [-0.2, -0.15) is 0 Å². The van der Waals surface area contributed by atoms with Crippen molar-refractivity contribution in [1.82, 2.24) is 4.90 Å². The van der Waals surface area contributed by atoms with Crippen molar-refractivity contribution in [2.75, 3.05) is 20.0 Å². The van der Waals surface area contributed by atoms with Crippen LogP contribution in [0.15, 0.2) is 11.0 Å². The Balaban J connectivity index is 2.43. The third-order valence-corrected chi connectivity index (χ3v) is 6.43. The van der Waals surface area contributed by atoms with E-state index in [4.69, 9.17) is 14.8 Å². The molecule has 0 aromatic carbocycles. The van der Waals surface area contributed by atoms with Crippen LogP contribution in [0.2, 0.25) is 0 Å². The van der Waals surface area contributed by atoms with E-state index in [0.717, 1.165) is 5.57 Å². The number of nitrogens with zero attached hydrogens (tertiary/aromatic N) is 1. The Morgan fingerprint density at radius 2 is 2.06 bits per heavy atom. The molecule has 6 nitrogen and oxygen atoms in total. The second-order valence-corrected chi connectivity index (χ2v) is 7.16. The fraction of sp³-hybridized carbons (Fsp3) is 0.667. The van der Waals surface area contributed by atoms with Crippen molar-refractivity contribution in [1.29, 1.82) is 0 Å². The summed E-state index contributed by atoms with van der Waals surface area (Å²) in [6, 6.07) is -0.523. The van der Waals surface area contributed by atoms with Gasteiger partial charge in [-0.05, 0) is 12.5 Å². The van der Waals surface area contributed by atoms with Crippen molar-refractivity contribution in [3.63, 3.8) is 0 Å². The van der Waals surface area contributed by atoms with Crippen molar-refractivity contribution >= 4 is 25.3 Å². The number of rotatable bonds is 3. The van der Waals surface area contributed by atoms with E-state index in [1.807, 2.05) is 6.92 Å². The Bertz CT molecular complexity index is 431. The second-order valence-electron chi connectivity index (χ2n) is 3.90. The Labute approximate surface area is 104 Å². The Morgan fingerprint density at radius 1 is 1.47 bits per heavy atom. The summed E-state index contributed by atoms with van der Waals surface area (Å²) in [6.07, 6.45) is 0.